The number of halogens is 1. The number of fused-ring (bicyclic) bond motifs is 1. The fourth-order valence-corrected chi connectivity index (χ4v) is 2.27. The standard InChI is InChI=1S/C16H13ClN2O2/c1-20-14-4-2-3-12-11(14)7-8-19-16(12)21-15-9-10(17)5-6-13(15)18/h2-9H,18H2,1H3. The number of nitrogens with two attached hydrogens (primary N) is 1. The molecular formula is C16H13ClN2O2. The van der Waals surface area contributed by atoms with Gasteiger partial charge in [0.2, 0.25) is 5.88 Å². The monoisotopic (exact) mass is 300 g/mol. The maximum atomic E-state index is 5.97. The molecule has 0 saturated heterocycles. The van der Waals surface area contributed by atoms with Crippen molar-refractivity contribution in [1.29, 1.82) is 0 Å². The molecule has 3 aromatic rings. The number of methoxy groups -OCH3 is 1. The Bertz CT molecular complexity index is 805. The Labute approximate surface area is 127 Å². The van der Waals surface area contributed by atoms with Crippen LogP contribution in [0.5, 0.6) is 17.4 Å². The van der Waals surface area contributed by atoms with E-state index in [1.807, 2.05) is 24.3 Å². The summed E-state index contributed by atoms with van der Waals surface area (Å²) >= 11 is 5.97. The topological polar surface area (TPSA) is 57.4 Å². The summed E-state index contributed by atoms with van der Waals surface area (Å²) in [5.41, 5.74) is 6.40. The predicted octanol–water partition coefficient (Wildman–Crippen LogP) is 4.27. The molecule has 0 radical (unpaired) electrons. The molecule has 0 aliphatic rings. The molecule has 1 aromatic heterocycles. The molecule has 3 rings (SSSR count). The summed E-state index contributed by atoms with van der Waals surface area (Å²) < 4.78 is 11.2. The van der Waals surface area contributed by atoms with E-state index in [4.69, 9.17) is 26.8 Å². The van der Waals surface area contributed by atoms with Crippen LogP contribution in [0.2, 0.25) is 5.02 Å². The number of hydrogen-bond donors (Lipinski definition) is 1. The van der Waals surface area contributed by atoms with Gasteiger partial charge in [-0.05, 0) is 30.3 Å². The fraction of sp³-hybridized carbons (Fsp3) is 0.0625. The Balaban J connectivity index is 2.11. The first-order valence-electron chi connectivity index (χ1n) is 6.33. The smallest absolute Gasteiger partial charge is 0.227 e. The first kappa shape index (κ1) is 13.5. The van der Waals surface area contributed by atoms with Crippen LogP contribution in [0, 0.1) is 0 Å². The van der Waals surface area contributed by atoms with E-state index in [0.717, 1.165) is 16.5 Å². The number of anilines is 1. The lowest BCUT2D eigenvalue weighted by Gasteiger charge is -2.11. The molecule has 21 heavy (non-hydrogen) atoms. The third kappa shape index (κ3) is 2.58. The first-order valence-corrected chi connectivity index (χ1v) is 6.71. The number of hydrogen-bond acceptors (Lipinski definition) is 4. The molecule has 106 valence electrons. The van der Waals surface area contributed by atoms with E-state index in [9.17, 15) is 0 Å². The van der Waals surface area contributed by atoms with Crippen LogP contribution in [-0.2, 0) is 0 Å². The molecule has 0 unspecified atom stereocenters. The number of rotatable bonds is 3. The van der Waals surface area contributed by atoms with E-state index in [1.54, 1.807) is 31.5 Å². The second-order valence-corrected chi connectivity index (χ2v) is 4.89. The molecule has 0 saturated carbocycles. The number of nitrogens with zero attached hydrogens (tertiary/aromatic N) is 1. The van der Waals surface area contributed by atoms with E-state index in [0.29, 0.717) is 22.3 Å². The highest BCUT2D eigenvalue weighted by atomic mass is 35.5. The minimum Gasteiger partial charge on any atom is -0.496 e. The molecule has 2 N–H and O–H groups in total. The lowest BCUT2D eigenvalue weighted by Crippen LogP contribution is -1.95. The van der Waals surface area contributed by atoms with Gasteiger partial charge in [-0.2, -0.15) is 0 Å². The molecule has 0 aliphatic heterocycles. The fourth-order valence-electron chi connectivity index (χ4n) is 2.11. The van der Waals surface area contributed by atoms with Crippen LogP contribution in [0.1, 0.15) is 0 Å². The summed E-state index contributed by atoms with van der Waals surface area (Å²) in [4.78, 5) is 4.27. The van der Waals surface area contributed by atoms with Crippen molar-refractivity contribution >= 4 is 28.1 Å². The zero-order valence-corrected chi connectivity index (χ0v) is 12.1. The summed E-state index contributed by atoms with van der Waals surface area (Å²) in [5.74, 6) is 1.70. The van der Waals surface area contributed by atoms with Gasteiger partial charge in [0, 0.05) is 28.1 Å². The molecular weight excluding hydrogens is 288 g/mol. The van der Waals surface area contributed by atoms with Gasteiger partial charge < -0.3 is 15.2 Å². The number of pyridine rings is 1. The van der Waals surface area contributed by atoms with Crippen molar-refractivity contribution in [3.63, 3.8) is 0 Å². The van der Waals surface area contributed by atoms with Gasteiger partial charge in [0.25, 0.3) is 0 Å². The van der Waals surface area contributed by atoms with Gasteiger partial charge in [-0.1, -0.05) is 17.7 Å². The van der Waals surface area contributed by atoms with Crippen molar-refractivity contribution in [1.82, 2.24) is 4.98 Å². The third-order valence-electron chi connectivity index (χ3n) is 3.13. The predicted molar refractivity (Wildman–Crippen MR) is 84.2 cm³/mol. The van der Waals surface area contributed by atoms with Crippen LogP contribution < -0.4 is 15.2 Å². The van der Waals surface area contributed by atoms with Crippen LogP contribution >= 0.6 is 11.6 Å². The molecule has 0 aliphatic carbocycles. The maximum absolute atomic E-state index is 5.97. The van der Waals surface area contributed by atoms with Crippen LogP contribution in [0.3, 0.4) is 0 Å². The molecule has 2 aromatic carbocycles. The van der Waals surface area contributed by atoms with E-state index in [1.165, 1.54) is 0 Å². The van der Waals surface area contributed by atoms with E-state index in [-0.39, 0.29) is 0 Å². The zero-order valence-electron chi connectivity index (χ0n) is 11.3. The zero-order chi connectivity index (χ0) is 14.8. The lowest BCUT2D eigenvalue weighted by atomic mass is 10.1. The Hall–Kier alpha value is -2.46. The third-order valence-corrected chi connectivity index (χ3v) is 3.37. The second kappa shape index (κ2) is 5.50. The van der Waals surface area contributed by atoms with Gasteiger partial charge >= 0.3 is 0 Å². The van der Waals surface area contributed by atoms with Gasteiger partial charge in [0.1, 0.15) is 5.75 Å². The lowest BCUT2D eigenvalue weighted by molar-refractivity contribution is 0.419. The number of benzene rings is 2. The van der Waals surface area contributed by atoms with Crippen molar-refractivity contribution in [3.8, 4) is 17.4 Å². The second-order valence-electron chi connectivity index (χ2n) is 4.46. The van der Waals surface area contributed by atoms with Gasteiger partial charge in [-0.15, -0.1) is 0 Å². The quantitative estimate of drug-likeness (QED) is 0.734. The summed E-state index contributed by atoms with van der Waals surface area (Å²) in [5, 5.41) is 2.32. The Kier molecular flexibility index (Phi) is 3.54. The highest BCUT2D eigenvalue weighted by molar-refractivity contribution is 6.30. The molecule has 0 bridgehead atoms. The normalized spacial score (nSPS) is 10.6. The first-order chi connectivity index (χ1) is 10.2. The summed E-state index contributed by atoms with van der Waals surface area (Å²) in [6.45, 7) is 0. The molecule has 1 heterocycles. The largest absolute Gasteiger partial charge is 0.496 e. The Morgan fingerprint density at radius 3 is 2.71 bits per heavy atom. The molecule has 4 nitrogen and oxygen atoms in total. The minimum atomic E-state index is 0.459. The van der Waals surface area contributed by atoms with Crippen molar-refractivity contribution in [2.45, 2.75) is 0 Å². The summed E-state index contributed by atoms with van der Waals surface area (Å²) in [6.07, 6.45) is 1.67. The Morgan fingerprint density at radius 2 is 1.90 bits per heavy atom. The number of nitrogen functional groups attached to an aromatic ring is 1. The SMILES string of the molecule is COc1cccc2c(Oc3cc(Cl)ccc3N)nccc12. The molecule has 5 heteroatoms. The van der Waals surface area contributed by atoms with Crippen LogP contribution in [0.4, 0.5) is 5.69 Å². The van der Waals surface area contributed by atoms with E-state index < -0.39 is 0 Å². The van der Waals surface area contributed by atoms with Crippen molar-refractivity contribution in [3.05, 3.63) is 53.7 Å². The Morgan fingerprint density at radius 1 is 1.05 bits per heavy atom. The van der Waals surface area contributed by atoms with Crippen LogP contribution in [0.25, 0.3) is 10.8 Å². The van der Waals surface area contributed by atoms with Crippen molar-refractivity contribution in [2.24, 2.45) is 0 Å². The highest BCUT2D eigenvalue weighted by Gasteiger charge is 2.10. The van der Waals surface area contributed by atoms with E-state index >= 15 is 0 Å². The molecule has 0 amide bonds. The van der Waals surface area contributed by atoms with Gasteiger partial charge in [-0.25, -0.2) is 4.98 Å². The van der Waals surface area contributed by atoms with Crippen LogP contribution in [-0.4, -0.2) is 12.1 Å². The average Bonchev–Trinajstić information content (AvgIpc) is 2.50. The average molecular weight is 301 g/mol. The van der Waals surface area contributed by atoms with Gasteiger partial charge in [0.15, 0.2) is 5.75 Å². The van der Waals surface area contributed by atoms with Crippen LogP contribution in [0.15, 0.2) is 48.7 Å². The maximum Gasteiger partial charge on any atom is 0.227 e. The number of ether oxygens (including phenoxy) is 2. The molecule has 0 fully saturated rings. The van der Waals surface area contributed by atoms with Gasteiger partial charge in [0.05, 0.1) is 12.8 Å². The van der Waals surface area contributed by atoms with E-state index in [2.05, 4.69) is 4.98 Å². The number of aromatic nitrogens is 1. The van der Waals surface area contributed by atoms with Crippen molar-refractivity contribution in [2.75, 3.05) is 12.8 Å². The highest BCUT2D eigenvalue weighted by Crippen LogP contribution is 2.35. The minimum absolute atomic E-state index is 0.459. The summed E-state index contributed by atoms with van der Waals surface area (Å²) in [6, 6.07) is 12.6. The molecule has 0 spiro atoms. The van der Waals surface area contributed by atoms with Crippen molar-refractivity contribution < 1.29 is 9.47 Å². The molecule has 0 atom stereocenters. The summed E-state index contributed by atoms with van der Waals surface area (Å²) in [7, 11) is 1.63. The van der Waals surface area contributed by atoms with Gasteiger partial charge in [-0.3, -0.25) is 0 Å².